The second-order valence-corrected chi connectivity index (χ2v) is 9.68. The third-order valence-electron chi connectivity index (χ3n) is 5.78. The van der Waals surface area contributed by atoms with E-state index in [1.54, 1.807) is 17.5 Å². The van der Waals surface area contributed by atoms with Gasteiger partial charge in [0.05, 0.1) is 17.0 Å². The van der Waals surface area contributed by atoms with Crippen molar-refractivity contribution in [3.05, 3.63) is 65.7 Å². The molecule has 1 spiro atoms. The van der Waals surface area contributed by atoms with Crippen LogP contribution in [0, 0.1) is 0 Å². The van der Waals surface area contributed by atoms with Crippen molar-refractivity contribution in [1.29, 1.82) is 0 Å². The topological polar surface area (TPSA) is 87.2 Å². The summed E-state index contributed by atoms with van der Waals surface area (Å²) in [6.07, 6.45) is -4.28. The molecule has 0 radical (unpaired) electrons. The highest BCUT2D eigenvalue weighted by molar-refractivity contribution is 7.89. The molecular formula is C22H25F3N2O5S. The molecule has 1 fully saturated rings. The Morgan fingerprint density at radius 2 is 1.73 bits per heavy atom. The van der Waals surface area contributed by atoms with Crippen molar-refractivity contribution >= 4 is 16.0 Å². The van der Waals surface area contributed by atoms with Crippen molar-refractivity contribution in [2.24, 2.45) is 0 Å². The van der Waals surface area contributed by atoms with Gasteiger partial charge < -0.3 is 9.84 Å². The number of halogens is 3. The Kier molecular flexibility index (Phi) is 7.47. The zero-order valence-electron chi connectivity index (χ0n) is 18.0. The van der Waals surface area contributed by atoms with Gasteiger partial charge in [-0.1, -0.05) is 48.5 Å². The van der Waals surface area contributed by atoms with E-state index < -0.39 is 27.7 Å². The van der Waals surface area contributed by atoms with Crippen molar-refractivity contribution in [2.75, 3.05) is 33.4 Å². The molecule has 1 N–H and O–H groups in total. The van der Waals surface area contributed by atoms with Crippen LogP contribution in [0.5, 0.6) is 0 Å². The van der Waals surface area contributed by atoms with Gasteiger partial charge in [-0.2, -0.15) is 17.5 Å². The molecule has 33 heavy (non-hydrogen) atoms. The molecular weight excluding hydrogens is 461 g/mol. The fourth-order valence-corrected chi connectivity index (χ4v) is 6.30. The summed E-state index contributed by atoms with van der Waals surface area (Å²) >= 11 is 0. The summed E-state index contributed by atoms with van der Waals surface area (Å²) < 4.78 is 65.4. The summed E-state index contributed by atoms with van der Waals surface area (Å²) in [6.45, 7) is 3.46. The highest BCUT2D eigenvalue weighted by Crippen LogP contribution is 2.49. The minimum absolute atomic E-state index is 0.399. The van der Waals surface area contributed by atoms with Gasteiger partial charge in [0, 0.05) is 33.3 Å². The lowest BCUT2D eigenvalue weighted by atomic mass is 9.88. The molecule has 0 saturated carbocycles. The van der Waals surface area contributed by atoms with E-state index in [4.69, 9.17) is 14.6 Å². The number of benzene rings is 2. The molecule has 2 aromatic carbocycles. The number of ether oxygens (including phenoxy) is 1. The van der Waals surface area contributed by atoms with Crippen LogP contribution in [-0.4, -0.2) is 68.2 Å². The number of likely N-dealkylation sites (tertiary alicyclic amines) is 1. The fraction of sp³-hybridized carbons (Fsp3) is 0.409. The quantitative estimate of drug-likeness (QED) is 0.699. The number of carbonyl (C=O) groups is 1. The Bertz CT molecular complexity index is 1080. The fourth-order valence-electron chi connectivity index (χ4n) is 4.25. The number of hydrogen-bond acceptors (Lipinski definition) is 5. The summed E-state index contributed by atoms with van der Waals surface area (Å²) in [4.78, 5) is 11.7. The molecule has 1 saturated heterocycles. The van der Waals surface area contributed by atoms with Crippen LogP contribution >= 0.6 is 0 Å². The number of nitrogens with zero attached hydrogens (tertiary/aromatic N) is 2. The molecule has 1 atom stereocenters. The molecule has 0 bridgehead atoms. The third-order valence-corrected chi connectivity index (χ3v) is 7.75. The maximum Gasteiger partial charge on any atom is 0.490 e. The van der Waals surface area contributed by atoms with Crippen LogP contribution in [0.25, 0.3) is 0 Å². The number of methoxy groups -OCH3 is 1. The average Bonchev–Trinajstić information content (AvgIpc) is 3.27. The molecule has 7 nitrogen and oxygen atoms in total. The van der Waals surface area contributed by atoms with E-state index >= 15 is 0 Å². The first kappa shape index (κ1) is 25.2. The molecule has 4 rings (SSSR count). The van der Waals surface area contributed by atoms with Crippen molar-refractivity contribution in [1.82, 2.24) is 9.21 Å². The minimum atomic E-state index is -5.08. The minimum Gasteiger partial charge on any atom is -0.475 e. The van der Waals surface area contributed by atoms with Gasteiger partial charge in [0.15, 0.2) is 0 Å². The average molecular weight is 487 g/mol. The molecule has 0 aromatic heterocycles. The number of aliphatic carboxylic acids is 1. The van der Waals surface area contributed by atoms with Crippen molar-refractivity contribution in [2.45, 2.75) is 29.6 Å². The number of hydrogen-bond donors (Lipinski definition) is 1. The third kappa shape index (κ3) is 5.21. The first-order valence-electron chi connectivity index (χ1n) is 10.2. The van der Waals surface area contributed by atoms with Gasteiger partial charge in [0.25, 0.3) is 0 Å². The van der Waals surface area contributed by atoms with E-state index in [9.17, 15) is 21.6 Å². The van der Waals surface area contributed by atoms with Gasteiger partial charge in [0.1, 0.15) is 0 Å². The molecule has 2 aliphatic rings. The van der Waals surface area contributed by atoms with E-state index in [1.807, 2.05) is 48.5 Å². The van der Waals surface area contributed by atoms with Crippen LogP contribution in [0.15, 0.2) is 59.5 Å². The second kappa shape index (κ2) is 9.80. The molecule has 2 aliphatic heterocycles. The van der Waals surface area contributed by atoms with Crippen LogP contribution in [0.1, 0.15) is 17.5 Å². The molecule has 2 aromatic rings. The Morgan fingerprint density at radius 3 is 2.33 bits per heavy atom. The second-order valence-electron chi connectivity index (χ2n) is 7.85. The lowest BCUT2D eigenvalue weighted by molar-refractivity contribution is -0.192. The highest BCUT2D eigenvalue weighted by Gasteiger charge is 2.56. The van der Waals surface area contributed by atoms with Gasteiger partial charge in [-0.3, -0.25) is 4.90 Å². The van der Waals surface area contributed by atoms with E-state index in [-0.39, 0.29) is 0 Å². The van der Waals surface area contributed by atoms with Gasteiger partial charge in [-0.25, -0.2) is 13.2 Å². The maximum absolute atomic E-state index is 13.4. The first-order chi connectivity index (χ1) is 15.5. The van der Waals surface area contributed by atoms with Crippen LogP contribution in [-0.2, 0) is 31.6 Å². The van der Waals surface area contributed by atoms with E-state index in [1.165, 1.54) is 0 Å². The number of carboxylic acids is 1. The normalized spacial score (nSPS) is 22.1. The van der Waals surface area contributed by atoms with E-state index in [0.29, 0.717) is 24.6 Å². The lowest BCUT2D eigenvalue weighted by Gasteiger charge is -2.34. The molecule has 11 heteroatoms. The number of alkyl halides is 3. The van der Waals surface area contributed by atoms with Crippen LogP contribution in [0.4, 0.5) is 13.2 Å². The SMILES string of the molecule is COCCN1CCC2(C1)c1ccccc1S(=O)(=O)N2Cc1ccccc1.O=C(O)C(F)(F)F. The lowest BCUT2D eigenvalue weighted by Crippen LogP contribution is -2.45. The summed E-state index contributed by atoms with van der Waals surface area (Å²) in [5, 5.41) is 7.12. The molecule has 1 unspecified atom stereocenters. The Balaban J connectivity index is 0.000000383. The molecule has 0 amide bonds. The number of carboxylic acid groups (broad SMARTS) is 1. The Morgan fingerprint density at radius 1 is 1.12 bits per heavy atom. The summed E-state index contributed by atoms with van der Waals surface area (Å²) in [5.74, 6) is -2.76. The van der Waals surface area contributed by atoms with Crippen molar-refractivity contribution in [3.8, 4) is 0 Å². The van der Waals surface area contributed by atoms with Crippen molar-refractivity contribution < 1.29 is 36.2 Å². The maximum atomic E-state index is 13.4. The number of sulfonamides is 1. The van der Waals surface area contributed by atoms with Crippen molar-refractivity contribution in [3.63, 3.8) is 0 Å². The molecule has 180 valence electrons. The summed E-state index contributed by atoms with van der Waals surface area (Å²) in [6, 6.07) is 17.3. The summed E-state index contributed by atoms with van der Waals surface area (Å²) in [5.41, 5.74) is 1.47. The Labute approximate surface area is 190 Å². The van der Waals surface area contributed by atoms with E-state index in [2.05, 4.69) is 4.90 Å². The van der Waals surface area contributed by atoms with Crippen LogP contribution in [0.3, 0.4) is 0 Å². The molecule has 0 aliphatic carbocycles. The zero-order chi connectivity index (χ0) is 24.3. The first-order valence-corrected chi connectivity index (χ1v) is 11.6. The van der Waals surface area contributed by atoms with Gasteiger partial charge in [0.2, 0.25) is 10.0 Å². The Hall–Kier alpha value is -2.47. The highest BCUT2D eigenvalue weighted by atomic mass is 32.2. The molecule has 2 heterocycles. The largest absolute Gasteiger partial charge is 0.490 e. The van der Waals surface area contributed by atoms with Crippen LogP contribution < -0.4 is 0 Å². The van der Waals surface area contributed by atoms with Gasteiger partial charge in [-0.15, -0.1) is 0 Å². The monoisotopic (exact) mass is 486 g/mol. The zero-order valence-corrected chi connectivity index (χ0v) is 18.8. The number of fused-ring (bicyclic) bond motifs is 2. The summed E-state index contributed by atoms with van der Waals surface area (Å²) in [7, 11) is -1.81. The van der Waals surface area contributed by atoms with Gasteiger partial charge >= 0.3 is 12.1 Å². The predicted octanol–water partition coefficient (Wildman–Crippen LogP) is 3.07. The number of rotatable bonds is 5. The van der Waals surface area contributed by atoms with E-state index in [0.717, 1.165) is 30.6 Å². The predicted molar refractivity (Wildman–Crippen MR) is 114 cm³/mol. The smallest absolute Gasteiger partial charge is 0.475 e. The van der Waals surface area contributed by atoms with Gasteiger partial charge in [-0.05, 0) is 23.6 Å². The standard InChI is InChI=1S/C20H24N2O3S.C2HF3O2/c1-25-14-13-21-12-11-20(16-21)18-9-5-6-10-19(18)26(23,24)22(20)15-17-7-3-2-4-8-17;3-2(4,5)1(6)7/h2-10H,11-16H2,1H3;(H,6,7). The van der Waals surface area contributed by atoms with Crippen LogP contribution in [0.2, 0.25) is 0 Å².